The Labute approximate surface area is 135 Å². The fourth-order valence-corrected chi connectivity index (χ4v) is 3.11. The van der Waals surface area contributed by atoms with Gasteiger partial charge in [-0.05, 0) is 48.6 Å². The van der Waals surface area contributed by atoms with Crippen molar-refractivity contribution < 1.29 is 4.79 Å². The average Bonchev–Trinajstić information content (AvgIpc) is 3.03. The van der Waals surface area contributed by atoms with Crippen molar-refractivity contribution in [2.75, 3.05) is 18.0 Å². The highest BCUT2D eigenvalue weighted by atomic mass is 16.1. The summed E-state index contributed by atoms with van der Waals surface area (Å²) >= 11 is 0. The predicted molar refractivity (Wildman–Crippen MR) is 87.9 cm³/mol. The molecule has 0 aliphatic carbocycles. The zero-order valence-corrected chi connectivity index (χ0v) is 12.8. The van der Waals surface area contributed by atoms with Crippen LogP contribution in [0.15, 0.2) is 42.6 Å². The molecule has 0 radical (unpaired) electrons. The molecule has 2 N–H and O–H groups in total. The first-order valence-electron chi connectivity index (χ1n) is 7.66. The van der Waals surface area contributed by atoms with Crippen LogP contribution in [0.1, 0.15) is 27.9 Å². The minimum atomic E-state index is -0.396. The molecule has 5 heteroatoms. The lowest BCUT2D eigenvalue weighted by Gasteiger charge is -2.18. The molecular weight excluding hydrogens is 288 g/mol. The van der Waals surface area contributed by atoms with Crippen LogP contribution >= 0.6 is 0 Å². The molecule has 116 valence electrons. The maximum absolute atomic E-state index is 11.3. The van der Waals surface area contributed by atoms with Crippen LogP contribution in [-0.2, 0) is 6.42 Å². The van der Waals surface area contributed by atoms with Gasteiger partial charge in [0.2, 0.25) is 5.91 Å². The molecule has 3 rings (SSSR count). The second-order valence-electron chi connectivity index (χ2n) is 5.86. The van der Waals surface area contributed by atoms with Gasteiger partial charge in [-0.3, -0.25) is 4.79 Å². The van der Waals surface area contributed by atoms with Crippen LogP contribution in [0, 0.1) is 17.2 Å². The van der Waals surface area contributed by atoms with E-state index in [1.54, 1.807) is 24.4 Å². The molecule has 1 fully saturated rings. The number of carbonyl (C=O) groups excluding carboxylic acids is 1. The lowest BCUT2D eigenvalue weighted by molar-refractivity contribution is 0.1000. The Morgan fingerprint density at radius 1 is 1.39 bits per heavy atom. The highest BCUT2D eigenvalue weighted by molar-refractivity contribution is 5.92. The molecule has 23 heavy (non-hydrogen) atoms. The minimum absolute atomic E-state index is 0.396. The first-order valence-corrected chi connectivity index (χ1v) is 7.66. The standard InChI is InChI=1S/C18H18N4O/c19-11-16-5-2-7-21-18(16)22-8-6-14(12-22)9-13-3-1-4-15(10-13)17(20)23/h1-5,7,10,14H,6,8-9,12H2,(H2,20,23)/t14-/m1/s1. The molecule has 1 amide bonds. The van der Waals surface area contributed by atoms with Crippen molar-refractivity contribution in [2.24, 2.45) is 11.7 Å². The number of anilines is 1. The molecule has 1 saturated heterocycles. The molecular formula is C18H18N4O. The van der Waals surface area contributed by atoms with Crippen molar-refractivity contribution in [3.8, 4) is 6.07 Å². The SMILES string of the molecule is N#Cc1cccnc1N1CC[C@H](Cc2cccc(C(N)=O)c2)C1. The first-order chi connectivity index (χ1) is 11.2. The molecule has 0 unspecified atom stereocenters. The van der Waals surface area contributed by atoms with Gasteiger partial charge in [-0.1, -0.05) is 12.1 Å². The molecule has 0 spiro atoms. The third kappa shape index (κ3) is 3.32. The summed E-state index contributed by atoms with van der Waals surface area (Å²) in [7, 11) is 0. The number of nitrogens with zero attached hydrogens (tertiary/aromatic N) is 3. The summed E-state index contributed by atoms with van der Waals surface area (Å²) in [5, 5.41) is 9.20. The number of nitriles is 1. The monoisotopic (exact) mass is 306 g/mol. The molecule has 1 aromatic carbocycles. The summed E-state index contributed by atoms with van der Waals surface area (Å²) in [6.45, 7) is 1.76. The lowest BCUT2D eigenvalue weighted by atomic mass is 9.97. The normalized spacial score (nSPS) is 17.0. The summed E-state index contributed by atoms with van der Waals surface area (Å²) in [4.78, 5) is 17.8. The number of rotatable bonds is 4. The van der Waals surface area contributed by atoms with E-state index in [-0.39, 0.29) is 0 Å². The lowest BCUT2D eigenvalue weighted by Crippen LogP contribution is -2.22. The highest BCUT2D eigenvalue weighted by Gasteiger charge is 2.25. The van der Waals surface area contributed by atoms with Crippen molar-refractivity contribution >= 4 is 11.7 Å². The van der Waals surface area contributed by atoms with Crippen LogP contribution in [0.2, 0.25) is 0 Å². The number of carbonyl (C=O) groups is 1. The van der Waals surface area contributed by atoms with E-state index in [1.807, 2.05) is 18.2 Å². The number of nitrogens with two attached hydrogens (primary N) is 1. The second kappa shape index (κ2) is 6.49. The molecule has 0 saturated carbocycles. The number of hydrogen-bond acceptors (Lipinski definition) is 4. The molecule has 1 aliphatic rings. The summed E-state index contributed by atoms with van der Waals surface area (Å²) in [6, 6.07) is 13.3. The van der Waals surface area contributed by atoms with Crippen LogP contribution in [0.3, 0.4) is 0 Å². The number of aromatic nitrogens is 1. The largest absolute Gasteiger partial charge is 0.366 e. The third-order valence-electron chi connectivity index (χ3n) is 4.23. The van der Waals surface area contributed by atoms with E-state index in [4.69, 9.17) is 5.73 Å². The maximum atomic E-state index is 11.3. The van der Waals surface area contributed by atoms with Crippen molar-refractivity contribution in [1.82, 2.24) is 4.98 Å². The van der Waals surface area contributed by atoms with Crippen molar-refractivity contribution in [3.05, 3.63) is 59.3 Å². The van der Waals surface area contributed by atoms with E-state index in [0.717, 1.165) is 37.3 Å². The predicted octanol–water partition coefficient (Wildman–Crippen LogP) is 2.12. The van der Waals surface area contributed by atoms with E-state index in [1.165, 1.54) is 0 Å². The zero-order valence-electron chi connectivity index (χ0n) is 12.8. The van der Waals surface area contributed by atoms with Gasteiger partial charge in [-0.25, -0.2) is 4.98 Å². The molecule has 1 aliphatic heterocycles. The summed E-state index contributed by atoms with van der Waals surface area (Å²) < 4.78 is 0. The topological polar surface area (TPSA) is 83.0 Å². The van der Waals surface area contributed by atoms with Crippen LogP contribution in [0.5, 0.6) is 0 Å². The van der Waals surface area contributed by atoms with E-state index in [9.17, 15) is 10.1 Å². The molecule has 1 aromatic heterocycles. The van der Waals surface area contributed by atoms with Gasteiger partial charge in [-0.2, -0.15) is 5.26 Å². The maximum Gasteiger partial charge on any atom is 0.248 e. The van der Waals surface area contributed by atoms with Gasteiger partial charge in [0, 0.05) is 24.8 Å². The zero-order chi connectivity index (χ0) is 16.2. The Bertz CT molecular complexity index is 766. The Morgan fingerprint density at radius 3 is 3.04 bits per heavy atom. The van der Waals surface area contributed by atoms with Crippen molar-refractivity contribution in [3.63, 3.8) is 0 Å². The smallest absolute Gasteiger partial charge is 0.248 e. The molecule has 0 bridgehead atoms. The van der Waals surface area contributed by atoms with Gasteiger partial charge < -0.3 is 10.6 Å². The quantitative estimate of drug-likeness (QED) is 0.938. The van der Waals surface area contributed by atoms with Gasteiger partial charge in [0.25, 0.3) is 0 Å². The van der Waals surface area contributed by atoms with E-state index in [2.05, 4.69) is 16.0 Å². The van der Waals surface area contributed by atoms with Crippen LogP contribution < -0.4 is 10.6 Å². The Morgan fingerprint density at radius 2 is 2.26 bits per heavy atom. The Hall–Kier alpha value is -2.87. The number of pyridine rings is 1. The average molecular weight is 306 g/mol. The van der Waals surface area contributed by atoms with Gasteiger partial charge in [0.05, 0.1) is 5.56 Å². The Balaban J connectivity index is 1.70. The minimum Gasteiger partial charge on any atom is -0.366 e. The summed E-state index contributed by atoms with van der Waals surface area (Å²) in [5.41, 5.74) is 7.62. The van der Waals surface area contributed by atoms with Gasteiger partial charge in [0.15, 0.2) is 0 Å². The Kier molecular flexibility index (Phi) is 4.24. The first kappa shape index (κ1) is 15.0. The van der Waals surface area contributed by atoms with Crippen LogP contribution in [0.25, 0.3) is 0 Å². The highest BCUT2D eigenvalue weighted by Crippen LogP contribution is 2.27. The second-order valence-corrected chi connectivity index (χ2v) is 5.86. The van der Waals surface area contributed by atoms with Crippen LogP contribution in [0.4, 0.5) is 5.82 Å². The summed E-state index contributed by atoms with van der Waals surface area (Å²) in [5.74, 6) is 0.849. The number of hydrogen-bond donors (Lipinski definition) is 1. The van der Waals surface area contributed by atoms with Crippen molar-refractivity contribution in [2.45, 2.75) is 12.8 Å². The fraction of sp³-hybridized carbons (Fsp3) is 0.278. The molecule has 1 atom stereocenters. The summed E-state index contributed by atoms with van der Waals surface area (Å²) in [6.07, 6.45) is 3.66. The van der Waals surface area contributed by atoms with E-state index in [0.29, 0.717) is 17.0 Å². The molecule has 2 aromatic rings. The van der Waals surface area contributed by atoms with Crippen LogP contribution in [-0.4, -0.2) is 24.0 Å². The third-order valence-corrected chi connectivity index (χ3v) is 4.23. The molecule has 2 heterocycles. The van der Waals surface area contributed by atoms with Gasteiger partial charge in [-0.15, -0.1) is 0 Å². The van der Waals surface area contributed by atoms with E-state index < -0.39 is 5.91 Å². The van der Waals surface area contributed by atoms with Crippen molar-refractivity contribution in [1.29, 1.82) is 5.26 Å². The van der Waals surface area contributed by atoms with E-state index >= 15 is 0 Å². The number of primary amides is 1. The molecule has 5 nitrogen and oxygen atoms in total. The van der Waals surface area contributed by atoms with Gasteiger partial charge >= 0.3 is 0 Å². The number of benzene rings is 1. The van der Waals surface area contributed by atoms with Gasteiger partial charge in [0.1, 0.15) is 11.9 Å². The number of amides is 1. The fourth-order valence-electron chi connectivity index (χ4n) is 3.11.